The number of rotatable bonds is 4. The zero-order chi connectivity index (χ0) is 10.6. The summed E-state index contributed by atoms with van der Waals surface area (Å²) in [7, 11) is 3.00. The first-order valence-electron chi connectivity index (χ1n) is 4.27. The van der Waals surface area contributed by atoms with E-state index in [1.165, 1.54) is 38.4 Å². The van der Waals surface area contributed by atoms with Crippen molar-refractivity contribution in [3.63, 3.8) is 0 Å². The SMILES string of the molecule is CNCC(F)(F)c1ccc(OC)cc1. The molecule has 0 heterocycles. The van der Waals surface area contributed by atoms with Crippen LogP contribution in [0.1, 0.15) is 5.56 Å². The molecule has 0 fully saturated rings. The third-order valence-corrected chi connectivity index (χ3v) is 1.91. The second kappa shape index (κ2) is 4.37. The largest absolute Gasteiger partial charge is 0.497 e. The van der Waals surface area contributed by atoms with Crippen LogP contribution in [0, 0.1) is 0 Å². The molecule has 14 heavy (non-hydrogen) atoms. The Kier molecular flexibility index (Phi) is 3.41. The van der Waals surface area contributed by atoms with Crippen LogP contribution < -0.4 is 10.1 Å². The van der Waals surface area contributed by atoms with Crippen LogP contribution in [0.2, 0.25) is 0 Å². The van der Waals surface area contributed by atoms with Gasteiger partial charge in [0.1, 0.15) is 5.75 Å². The van der Waals surface area contributed by atoms with Gasteiger partial charge >= 0.3 is 0 Å². The lowest BCUT2D eigenvalue weighted by atomic mass is 10.1. The molecule has 0 bridgehead atoms. The topological polar surface area (TPSA) is 21.3 Å². The van der Waals surface area contributed by atoms with Crippen molar-refractivity contribution in [1.29, 1.82) is 0 Å². The summed E-state index contributed by atoms with van der Waals surface area (Å²) in [5, 5.41) is 2.45. The highest BCUT2D eigenvalue weighted by Gasteiger charge is 2.30. The maximum Gasteiger partial charge on any atom is 0.285 e. The summed E-state index contributed by atoms with van der Waals surface area (Å²) < 4.78 is 31.5. The van der Waals surface area contributed by atoms with Crippen LogP contribution >= 0.6 is 0 Å². The normalized spacial score (nSPS) is 11.4. The number of nitrogens with one attached hydrogen (secondary N) is 1. The smallest absolute Gasteiger partial charge is 0.285 e. The maximum absolute atomic E-state index is 13.3. The average Bonchev–Trinajstić information content (AvgIpc) is 2.18. The Morgan fingerprint density at radius 1 is 1.29 bits per heavy atom. The van der Waals surface area contributed by atoms with E-state index in [1.807, 2.05) is 0 Å². The molecule has 0 spiro atoms. The van der Waals surface area contributed by atoms with Crippen LogP contribution in [-0.4, -0.2) is 20.7 Å². The molecule has 0 saturated heterocycles. The number of halogens is 2. The van der Waals surface area contributed by atoms with Crippen LogP contribution in [0.4, 0.5) is 8.78 Å². The van der Waals surface area contributed by atoms with E-state index in [1.54, 1.807) is 0 Å². The molecule has 4 heteroatoms. The molecular formula is C10H13F2NO. The molecule has 0 aliphatic heterocycles. The third-order valence-electron chi connectivity index (χ3n) is 1.91. The second-order valence-corrected chi connectivity index (χ2v) is 2.96. The monoisotopic (exact) mass is 201 g/mol. The fourth-order valence-electron chi connectivity index (χ4n) is 1.16. The summed E-state index contributed by atoms with van der Waals surface area (Å²) in [6.45, 7) is -0.362. The standard InChI is InChI=1S/C10H13F2NO/c1-13-7-10(11,12)8-3-5-9(14-2)6-4-8/h3-6,13H,7H2,1-2H3. The van der Waals surface area contributed by atoms with E-state index in [0.29, 0.717) is 5.75 Å². The summed E-state index contributed by atoms with van der Waals surface area (Å²) in [4.78, 5) is 0. The molecule has 78 valence electrons. The number of benzene rings is 1. The Bertz CT molecular complexity index is 285. The lowest BCUT2D eigenvalue weighted by Gasteiger charge is -2.16. The number of alkyl halides is 2. The van der Waals surface area contributed by atoms with E-state index >= 15 is 0 Å². The van der Waals surface area contributed by atoms with Crippen molar-refractivity contribution in [3.05, 3.63) is 29.8 Å². The van der Waals surface area contributed by atoms with Gasteiger partial charge in [0.25, 0.3) is 5.92 Å². The van der Waals surface area contributed by atoms with Crippen molar-refractivity contribution in [1.82, 2.24) is 5.32 Å². The molecule has 1 rings (SSSR count). The molecule has 0 radical (unpaired) electrons. The lowest BCUT2D eigenvalue weighted by molar-refractivity contribution is -0.00128. The molecule has 0 unspecified atom stereocenters. The predicted molar refractivity (Wildman–Crippen MR) is 50.8 cm³/mol. The molecule has 2 nitrogen and oxygen atoms in total. The Morgan fingerprint density at radius 3 is 2.29 bits per heavy atom. The highest BCUT2D eigenvalue weighted by Crippen LogP contribution is 2.28. The van der Waals surface area contributed by atoms with E-state index in [0.717, 1.165) is 0 Å². The molecular weight excluding hydrogens is 188 g/mol. The molecule has 0 aliphatic rings. The number of ether oxygens (including phenoxy) is 1. The van der Waals surface area contributed by atoms with E-state index in [2.05, 4.69) is 5.32 Å². The minimum absolute atomic E-state index is 0.00681. The molecule has 0 saturated carbocycles. The minimum Gasteiger partial charge on any atom is -0.497 e. The van der Waals surface area contributed by atoms with Gasteiger partial charge in [-0.1, -0.05) is 0 Å². The Morgan fingerprint density at radius 2 is 1.86 bits per heavy atom. The van der Waals surface area contributed by atoms with Crippen LogP contribution in [-0.2, 0) is 5.92 Å². The molecule has 0 amide bonds. The lowest BCUT2D eigenvalue weighted by Crippen LogP contribution is -2.27. The van der Waals surface area contributed by atoms with Gasteiger partial charge in [0.05, 0.1) is 13.7 Å². The summed E-state index contributed by atoms with van der Waals surface area (Å²) >= 11 is 0. The Labute approximate surface area is 81.9 Å². The first kappa shape index (κ1) is 10.9. The number of hydrogen-bond donors (Lipinski definition) is 1. The van der Waals surface area contributed by atoms with Gasteiger partial charge in [-0.25, -0.2) is 0 Å². The molecule has 0 aromatic heterocycles. The molecule has 1 aromatic carbocycles. The quantitative estimate of drug-likeness (QED) is 0.804. The number of likely N-dealkylation sites (N-methyl/N-ethyl adjacent to an activating group) is 1. The van der Waals surface area contributed by atoms with Gasteiger partial charge in [0, 0.05) is 5.56 Å². The van der Waals surface area contributed by atoms with E-state index in [-0.39, 0.29) is 12.1 Å². The van der Waals surface area contributed by atoms with E-state index in [4.69, 9.17) is 4.74 Å². The fourth-order valence-corrected chi connectivity index (χ4v) is 1.16. The van der Waals surface area contributed by atoms with Crippen LogP contribution in [0.5, 0.6) is 5.75 Å². The Balaban J connectivity index is 2.85. The van der Waals surface area contributed by atoms with Gasteiger partial charge in [0.15, 0.2) is 0 Å². The van der Waals surface area contributed by atoms with Crippen molar-refractivity contribution in [2.75, 3.05) is 20.7 Å². The van der Waals surface area contributed by atoms with Gasteiger partial charge in [0.2, 0.25) is 0 Å². The zero-order valence-corrected chi connectivity index (χ0v) is 8.18. The average molecular weight is 201 g/mol. The van der Waals surface area contributed by atoms with Gasteiger partial charge in [-0.05, 0) is 31.3 Å². The van der Waals surface area contributed by atoms with E-state index in [9.17, 15) is 8.78 Å². The zero-order valence-electron chi connectivity index (χ0n) is 8.18. The second-order valence-electron chi connectivity index (χ2n) is 2.96. The molecule has 0 atom stereocenters. The van der Waals surface area contributed by atoms with Crippen molar-refractivity contribution >= 4 is 0 Å². The minimum atomic E-state index is -2.83. The van der Waals surface area contributed by atoms with Crippen LogP contribution in [0.25, 0.3) is 0 Å². The van der Waals surface area contributed by atoms with Gasteiger partial charge in [-0.15, -0.1) is 0 Å². The van der Waals surface area contributed by atoms with Gasteiger partial charge in [-0.3, -0.25) is 0 Å². The number of hydrogen-bond acceptors (Lipinski definition) is 2. The number of methoxy groups -OCH3 is 1. The summed E-state index contributed by atoms with van der Waals surface area (Å²) in [5.74, 6) is -2.25. The van der Waals surface area contributed by atoms with Crippen molar-refractivity contribution in [2.24, 2.45) is 0 Å². The van der Waals surface area contributed by atoms with Gasteiger partial charge in [-0.2, -0.15) is 8.78 Å². The van der Waals surface area contributed by atoms with Crippen LogP contribution in [0.15, 0.2) is 24.3 Å². The highest BCUT2D eigenvalue weighted by molar-refractivity contribution is 5.29. The van der Waals surface area contributed by atoms with Crippen LogP contribution in [0.3, 0.4) is 0 Å². The van der Waals surface area contributed by atoms with Crippen molar-refractivity contribution in [2.45, 2.75) is 5.92 Å². The molecule has 1 N–H and O–H groups in total. The molecule has 1 aromatic rings. The summed E-state index contributed by atoms with van der Waals surface area (Å²) in [6, 6.07) is 5.80. The fraction of sp³-hybridized carbons (Fsp3) is 0.400. The Hall–Kier alpha value is -1.16. The van der Waals surface area contributed by atoms with E-state index < -0.39 is 5.92 Å². The maximum atomic E-state index is 13.3. The third kappa shape index (κ3) is 2.42. The summed E-state index contributed by atoms with van der Waals surface area (Å²) in [5.41, 5.74) is -0.00681. The van der Waals surface area contributed by atoms with Crippen molar-refractivity contribution in [3.8, 4) is 5.75 Å². The van der Waals surface area contributed by atoms with Crippen molar-refractivity contribution < 1.29 is 13.5 Å². The molecule has 0 aliphatic carbocycles. The first-order chi connectivity index (χ1) is 6.60. The predicted octanol–water partition coefficient (Wildman–Crippen LogP) is 2.01. The highest BCUT2D eigenvalue weighted by atomic mass is 19.3. The van der Waals surface area contributed by atoms with Gasteiger partial charge < -0.3 is 10.1 Å². The first-order valence-corrected chi connectivity index (χ1v) is 4.27. The summed E-state index contributed by atoms with van der Waals surface area (Å²) in [6.07, 6.45) is 0.